The van der Waals surface area contributed by atoms with Crippen molar-refractivity contribution in [3.05, 3.63) is 75.5 Å². The zero-order valence-electron chi connectivity index (χ0n) is 18.0. The molecule has 0 saturated heterocycles. The van der Waals surface area contributed by atoms with Crippen molar-refractivity contribution in [3.8, 4) is 22.3 Å². The molecule has 8 nitrogen and oxygen atoms in total. The maximum Gasteiger partial charge on any atom is 0.256 e. The summed E-state index contributed by atoms with van der Waals surface area (Å²) < 4.78 is 7.08. The minimum absolute atomic E-state index is 0.0493. The Morgan fingerprint density at radius 2 is 2.00 bits per heavy atom. The number of ether oxygens (including phenoxy) is 1. The van der Waals surface area contributed by atoms with Crippen LogP contribution in [0.4, 0.5) is 5.82 Å². The molecule has 3 heterocycles. The fraction of sp³-hybridized carbons (Fsp3) is 0.217. The normalized spacial score (nSPS) is 11.0. The predicted molar refractivity (Wildman–Crippen MR) is 125 cm³/mol. The zero-order valence-corrected chi connectivity index (χ0v) is 18.8. The van der Waals surface area contributed by atoms with Crippen molar-refractivity contribution in [2.45, 2.75) is 33.3 Å². The number of H-pyrrole nitrogens is 1. The van der Waals surface area contributed by atoms with Gasteiger partial charge >= 0.3 is 0 Å². The van der Waals surface area contributed by atoms with Crippen LogP contribution in [0.2, 0.25) is 0 Å². The van der Waals surface area contributed by atoms with Gasteiger partial charge in [-0.1, -0.05) is 13.0 Å². The van der Waals surface area contributed by atoms with E-state index in [1.807, 2.05) is 38.3 Å². The van der Waals surface area contributed by atoms with Crippen LogP contribution in [0.5, 0.6) is 5.75 Å². The van der Waals surface area contributed by atoms with Gasteiger partial charge < -0.3 is 10.1 Å². The standard InChI is InChI=1S/C23H23N5O3S/c1-4-16-12-21(29)26-23(24-16)28-20(13-18(27-28)19-6-5-11-32-19)25-22(30)15-7-9-17(10-8-15)31-14(2)3/h5-14H,4H2,1-3H3,(H,25,30)(H,24,26,29). The van der Waals surface area contributed by atoms with Gasteiger partial charge in [0, 0.05) is 23.4 Å². The molecule has 4 aromatic rings. The Morgan fingerprint density at radius 1 is 1.22 bits per heavy atom. The molecule has 0 radical (unpaired) electrons. The smallest absolute Gasteiger partial charge is 0.256 e. The summed E-state index contributed by atoms with van der Waals surface area (Å²) in [6, 6.07) is 14.0. The Bertz CT molecular complexity index is 1270. The number of amides is 1. The van der Waals surface area contributed by atoms with Crippen LogP contribution in [-0.2, 0) is 6.42 Å². The van der Waals surface area contributed by atoms with Crippen LogP contribution in [0.25, 0.3) is 16.5 Å². The fourth-order valence-corrected chi connectivity index (χ4v) is 3.78. The van der Waals surface area contributed by atoms with Gasteiger partial charge in [-0.15, -0.1) is 11.3 Å². The molecular formula is C23H23N5O3S. The van der Waals surface area contributed by atoms with Crippen LogP contribution in [0, 0.1) is 0 Å². The number of carbonyl (C=O) groups excluding carboxylic acids is 1. The molecule has 1 amide bonds. The van der Waals surface area contributed by atoms with Gasteiger partial charge in [0.1, 0.15) is 17.3 Å². The number of anilines is 1. The van der Waals surface area contributed by atoms with Gasteiger partial charge in [0.25, 0.3) is 11.5 Å². The predicted octanol–water partition coefficient (Wildman–Crippen LogP) is 4.29. The lowest BCUT2D eigenvalue weighted by Crippen LogP contribution is -2.19. The molecule has 0 saturated carbocycles. The summed E-state index contributed by atoms with van der Waals surface area (Å²) in [5.41, 5.74) is 1.49. The molecule has 0 bridgehead atoms. The molecule has 0 fully saturated rings. The van der Waals surface area contributed by atoms with Gasteiger partial charge in [0.15, 0.2) is 0 Å². The van der Waals surface area contributed by atoms with E-state index in [-0.39, 0.29) is 23.5 Å². The first-order valence-corrected chi connectivity index (χ1v) is 11.1. The van der Waals surface area contributed by atoms with Crippen molar-refractivity contribution in [1.29, 1.82) is 0 Å². The summed E-state index contributed by atoms with van der Waals surface area (Å²) in [7, 11) is 0. The zero-order chi connectivity index (χ0) is 22.7. The Balaban J connectivity index is 1.69. The third kappa shape index (κ3) is 4.78. The first-order valence-electron chi connectivity index (χ1n) is 10.3. The van der Waals surface area contributed by atoms with Crippen LogP contribution in [0.3, 0.4) is 0 Å². The monoisotopic (exact) mass is 449 g/mol. The van der Waals surface area contributed by atoms with Gasteiger partial charge in [-0.05, 0) is 56.0 Å². The molecule has 2 N–H and O–H groups in total. The number of hydrogen-bond donors (Lipinski definition) is 2. The average molecular weight is 450 g/mol. The van der Waals surface area contributed by atoms with Gasteiger partial charge in [0.2, 0.25) is 5.95 Å². The SMILES string of the molecule is CCc1cc(=O)[nH]c(-n2nc(-c3cccs3)cc2NC(=O)c2ccc(OC(C)C)cc2)n1. The van der Waals surface area contributed by atoms with E-state index >= 15 is 0 Å². The average Bonchev–Trinajstić information content (AvgIpc) is 3.43. The first-order chi connectivity index (χ1) is 15.4. The van der Waals surface area contributed by atoms with Crippen LogP contribution < -0.4 is 15.6 Å². The van der Waals surface area contributed by atoms with E-state index in [0.717, 1.165) is 4.88 Å². The number of aromatic nitrogens is 4. The molecule has 4 rings (SSSR count). The van der Waals surface area contributed by atoms with Crippen molar-refractivity contribution in [2.75, 3.05) is 5.32 Å². The second-order valence-corrected chi connectivity index (χ2v) is 8.31. The quantitative estimate of drug-likeness (QED) is 0.438. The Morgan fingerprint density at radius 3 is 2.66 bits per heavy atom. The van der Waals surface area contributed by atoms with Crippen LogP contribution in [0.15, 0.2) is 58.7 Å². The molecule has 32 heavy (non-hydrogen) atoms. The van der Waals surface area contributed by atoms with Gasteiger partial charge in [-0.3, -0.25) is 14.6 Å². The summed E-state index contributed by atoms with van der Waals surface area (Å²) in [6.45, 7) is 5.80. The molecule has 0 aliphatic carbocycles. The summed E-state index contributed by atoms with van der Waals surface area (Å²) in [5.74, 6) is 1.03. The van der Waals surface area contributed by atoms with Crippen molar-refractivity contribution in [1.82, 2.24) is 19.7 Å². The number of thiophene rings is 1. The van der Waals surface area contributed by atoms with Gasteiger partial charge in [-0.25, -0.2) is 4.98 Å². The summed E-state index contributed by atoms with van der Waals surface area (Å²) >= 11 is 1.53. The van der Waals surface area contributed by atoms with Crippen LogP contribution in [-0.4, -0.2) is 31.8 Å². The lowest BCUT2D eigenvalue weighted by atomic mass is 10.2. The molecule has 0 aliphatic heterocycles. The molecular weight excluding hydrogens is 426 g/mol. The Labute approximate surface area is 188 Å². The lowest BCUT2D eigenvalue weighted by molar-refractivity contribution is 0.102. The minimum atomic E-state index is -0.311. The van der Waals surface area contributed by atoms with E-state index < -0.39 is 0 Å². The fourth-order valence-electron chi connectivity index (χ4n) is 3.10. The minimum Gasteiger partial charge on any atom is -0.491 e. The molecule has 164 valence electrons. The summed E-state index contributed by atoms with van der Waals surface area (Å²) in [4.78, 5) is 33.2. The van der Waals surface area contributed by atoms with E-state index in [2.05, 4.69) is 20.4 Å². The summed E-state index contributed by atoms with van der Waals surface area (Å²) in [6.07, 6.45) is 0.649. The Kier molecular flexibility index (Phi) is 6.18. The molecule has 0 aliphatic rings. The van der Waals surface area contributed by atoms with Crippen LogP contribution >= 0.6 is 11.3 Å². The topological polar surface area (TPSA) is 102 Å². The highest BCUT2D eigenvalue weighted by Gasteiger charge is 2.17. The first kappa shape index (κ1) is 21.5. The molecule has 1 aromatic carbocycles. The number of nitrogens with zero attached hydrogens (tertiary/aromatic N) is 3. The highest BCUT2D eigenvalue weighted by atomic mass is 32.1. The molecule has 0 atom stereocenters. The van der Waals surface area contributed by atoms with E-state index in [0.29, 0.717) is 34.9 Å². The number of carbonyl (C=O) groups is 1. The largest absolute Gasteiger partial charge is 0.491 e. The molecule has 0 unspecified atom stereocenters. The second kappa shape index (κ2) is 9.19. The summed E-state index contributed by atoms with van der Waals surface area (Å²) in [5, 5.41) is 9.43. The van der Waals surface area contributed by atoms with Crippen molar-refractivity contribution >= 4 is 23.1 Å². The number of nitrogens with one attached hydrogen (secondary N) is 2. The van der Waals surface area contributed by atoms with Crippen molar-refractivity contribution in [2.24, 2.45) is 0 Å². The van der Waals surface area contributed by atoms with Gasteiger partial charge in [-0.2, -0.15) is 9.78 Å². The number of hydrogen-bond acceptors (Lipinski definition) is 6. The molecule has 9 heteroatoms. The number of aryl methyl sites for hydroxylation is 1. The third-order valence-electron chi connectivity index (χ3n) is 4.56. The maximum absolute atomic E-state index is 12.9. The van der Waals surface area contributed by atoms with E-state index in [1.54, 1.807) is 30.3 Å². The van der Waals surface area contributed by atoms with E-state index in [4.69, 9.17) is 4.74 Å². The lowest BCUT2D eigenvalue weighted by Gasteiger charge is -2.11. The van der Waals surface area contributed by atoms with E-state index in [9.17, 15) is 9.59 Å². The molecule has 3 aromatic heterocycles. The number of aromatic amines is 1. The number of benzene rings is 1. The Hall–Kier alpha value is -3.72. The highest BCUT2D eigenvalue weighted by Crippen LogP contribution is 2.27. The third-order valence-corrected chi connectivity index (χ3v) is 5.45. The maximum atomic E-state index is 12.9. The van der Waals surface area contributed by atoms with Gasteiger partial charge in [0.05, 0.1) is 11.0 Å². The van der Waals surface area contributed by atoms with Crippen molar-refractivity contribution in [3.63, 3.8) is 0 Å². The molecule has 0 spiro atoms. The van der Waals surface area contributed by atoms with E-state index in [1.165, 1.54) is 22.1 Å². The highest BCUT2D eigenvalue weighted by molar-refractivity contribution is 7.13. The van der Waals surface area contributed by atoms with Crippen LogP contribution in [0.1, 0.15) is 36.8 Å². The van der Waals surface area contributed by atoms with Crippen molar-refractivity contribution < 1.29 is 9.53 Å². The second-order valence-electron chi connectivity index (χ2n) is 7.36. The number of rotatable bonds is 7.